The van der Waals surface area contributed by atoms with Gasteiger partial charge in [-0.05, 0) is 147 Å². The Kier molecular flexibility index (Phi) is 9.62. The van der Waals surface area contributed by atoms with Crippen LogP contribution in [0.15, 0.2) is 212 Å². The maximum absolute atomic E-state index is 2.55. The number of fused-ring (bicyclic) bond motifs is 4. The van der Waals surface area contributed by atoms with Gasteiger partial charge in [0.05, 0.1) is 5.69 Å². The molecule has 308 valence electrons. The van der Waals surface area contributed by atoms with Gasteiger partial charge in [0.1, 0.15) is 0 Å². The first kappa shape index (κ1) is 39.3. The Morgan fingerprint density at radius 2 is 0.750 bits per heavy atom. The Balaban J connectivity index is 1.31. The second-order valence-corrected chi connectivity index (χ2v) is 18.4. The normalized spacial score (nSPS) is 12.7. The third kappa shape index (κ3) is 6.69. The van der Waals surface area contributed by atoms with E-state index in [1.807, 2.05) is 0 Å². The number of anilines is 9. The molecule has 0 aliphatic carbocycles. The fourth-order valence-corrected chi connectivity index (χ4v) is 10.2. The second kappa shape index (κ2) is 15.7. The molecule has 0 aromatic heterocycles. The fraction of sp³-hybridized carbons (Fsp3) is 0.100. The average Bonchev–Trinajstić information content (AvgIpc) is 3.32. The minimum atomic E-state index is -0.105. The molecule has 4 heteroatoms. The Hall–Kier alpha value is -7.56. The first-order valence-electron chi connectivity index (χ1n) is 22.5. The molecule has 0 amide bonds. The van der Waals surface area contributed by atoms with Crippen molar-refractivity contribution in [2.24, 2.45) is 0 Å². The Morgan fingerprint density at radius 1 is 0.375 bits per heavy atom. The summed E-state index contributed by atoms with van der Waals surface area (Å²) >= 11 is 0. The Morgan fingerprint density at radius 3 is 1.17 bits per heavy atom. The van der Waals surface area contributed by atoms with E-state index in [1.54, 1.807) is 0 Å². The SMILES string of the molecule is Cc1cc(-c2ccccc2)c2c(c1)N(c1ccccc1)c1cc(N(c3ccccc3)c3ccc(C(C)(C)C)cc3)cc3c1B2c1c(-c2ccccc2)cc(C)cc1N3c1ccccc1. The smallest absolute Gasteiger partial charge is 0.253 e. The predicted octanol–water partition coefficient (Wildman–Crippen LogP) is 14.5. The van der Waals surface area contributed by atoms with Crippen LogP contribution in [-0.2, 0) is 5.41 Å². The molecule has 2 heterocycles. The van der Waals surface area contributed by atoms with Crippen molar-refractivity contribution in [1.29, 1.82) is 0 Å². The number of aryl methyl sites for hydroxylation is 2. The van der Waals surface area contributed by atoms with Crippen LogP contribution in [0.4, 0.5) is 51.2 Å². The number of hydrogen-bond donors (Lipinski definition) is 0. The van der Waals surface area contributed by atoms with E-state index < -0.39 is 0 Å². The van der Waals surface area contributed by atoms with E-state index >= 15 is 0 Å². The summed E-state index contributed by atoms with van der Waals surface area (Å²) in [6, 6.07) is 78.6. The van der Waals surface area contributed by atoms with Gasteiger partial charge in [-0.3, -0.25) is 0 Å². The zero-order valence-electron chi connectivity index (χ0n) is 37.1. The average molecular weight is 824 g/mol. The highest BCUT2D eigenvalue weighted by molar-refractivity contribution is 7.02. The first-order chi connectivity index (χ1) is 31.2. The van der Waals surface area contributed by atoms with Gasteiger partial charge >= 0.3 is 0 Å². The maximum atomic E-state index is 2.55. The lowest BCUT2D eigenvalue weighted by atomic mass is 9.31. The van der Waals surface area contributed by atoms with Crippen molar-refractivity contribution in [3.63, 3.8) is 0 Å². The topological polar surface area (TPSA) is 9.72 Å². The summed E-state index contributed by atoms with van der Waals surface area (Å²) in [5.41, 5.74) is 22.9. The van der Waals surface area contributed by atoms with Crippen LogP contribution in [0.2, 0.25) is 0 Å². The first-order valence-corrected chi connectivity index (χ1v) is 22.5. The van der Waals surface area contributed by atoms with Gasteiger partial charge in [0, 0.05) is 45.5 Å². The predicted molar refractivity (Wildman–Crippen MR) is 274 cm³/mol. The molecule has 2 aliphatic heterocycles. The van der Waals surface area contributed by atoms with E-state index in [1.165, 1.54) is 78.1 Å². The highest BCUT2D eigenvalue weighted by Crippen LogP contribution is 2.50. The molecule has 0 saturated heterocycles. The summed E-state index contributed by atoms with van der Waals surface area (Å²) in [5, 5.41) is 0. The maximum Gasteiger partial charge on any atom is 0.253 e. The third-order valence-corrected chi connectivity index (χ3v) is 13.0. The van der Waals surface area contributed by atoms with Crippen molar-refractivity contribution in [3.05, 3.63) is 229 Å². The summed E-state index contributed by atoms with van der Waals surface area (Å²) in [6.45, 7) is 11.2. The lowest BCUT2D eigenvalue weighted by Crippen LogP contribution is -2.62. The molecule has 0 atom stereocenters. The molecule has 11 rings (SSSR count). The van der Waals surface area contributed by atoms with E-state index in [2.05, 4.69) is 262 Å². The fourth-order valence-electron chi connectivity index (χ4n) is 10.2. The summed E-state index contributed by atoms with van der Waals surface area (Å²) in [4.78, 5) is 7.53. The molecule has 9 aromatic rings. The van der Waals surface area contributed by atoms with Gasteiger partial charge in [0.15, 0.2) is 0 Å². The van der Waals surface area contributed by atoms with Crippen molar-refractivity contribution in [2.45, 2.75) is 40.0 Å². The zero-order valence-corrected chi connectivity index (χ0v) is 37.1. The quantitative estimate of drug-likeness (QED) is 0.148. The summed E-state index contributed by atoms with van der Waals surface area (Å²) < 4.78 is 0. The molecule has 0 fully saturated rings. The lowest BCUT2D eigenvalue weighted by molar-refractivity contribution is 0.590. The van der Waals surface area contributed by atoms with Crippen LogP contribution in [0.25, 0.3) is 22.3 Å². The highest BCUT2D eigenvalue weighted by Gasteiger charge is 2.46. The Bertz CT molecular complexity index is 2980. The molecule has 9 aromatic carbocycles. The molecule has 0 saturated carbocycles. The van der Waals surface area contributed by atoms with Crippen molar-refractivity contribution in [1.82, 2.24) is 0 Å². The summed E-state index contributed by atoms with van der Waals surface area (Å²) in [5.74, 6) is 0. The lowest BCUT2D eigenvalue weighted by Gasteiger charge is -2.46. The number of hydrogen-bond acceptors (Lipinski definition) is 3. The van der Waals surface area contributed by atoms with E-state index in [0.29, 0.717) is 0 Å². The number of benzene rings is 9. The molecule has 0 bridgehead atoms. The molecule has 0 N–H and O–H groups in total. The standard InChI is InChI=1S/C60H50BN3/c1-41-35-51(43-21-11-6-12-22-43)57-53(37-41)63(47-27-17-9-18-28-47)55-39-50(62(46-25-15-8-16-26-46)49-33-31-45(32-34-49)60(3,4)5)40-56-59(55)61(57)58-52(44-23-13-7-14-24-44)36-42(2)38-54(58)64(56)48-29-19-10-20-30-48/h6-40H,1-5H3. The molecule has 2 aliphatic rings. The van der Waals surface area contributed by atoms with Crippen molar-refractivity contribution < 1.29 is 0 Å². The number of nitrogens with zero attached hydrogens (tertiary/aromatic N) is 3. The van der Waals surface area contributed by atoms with Crippen LogP contribution >= 0.6 is 0 Å². The second-order valence-electron chi connectivity index (χ2n) is 18.4. The number of para-hydroxylation sites is 3. The van der Waals surface area contributed by atoms with Crippen molar-refractivity contribution in [2.75, 3.05) is 14.7 Å². The highest BCUT2D eigenvalue weighted by atomic mass is 15.2. The van der Waals surface area contributed by atoms with E-state index in [0.717, 1.165) is 28.4 Å². The molecule has 0 unspecified atom stereocenters. The Labute approximate surface area is 378 Å². The van der Waals surface area contributed by atoms with Crippen LogP contribution < -0.4 is 31.1 Å². The summed E-state index contributed by atoms with van der Waals surface area (Å²) in [7, 11) is 0. The van der Waals surface area contributed by atoms with Gasteiger partial charge < -0.3 is 14.7 Å². The van der Waals surface area contributed by atoms with E-state index in [-0.39, 0.29) is 12.1 Å². The van der Waals surface area contributed by atoms with Crippen LogP contribution in [-0.4, -0.2) is 6.71 Å². The van der Waals surface area contributed by atoms with Gasteiger partial charge in [-0.1, -0.05) is 160 Å². The van der Waals surface area contributed by atoms with Gasteiger partial charge in [0.2, 0.25) is 0 Å². The molecular weight excluding hydrogens is 773 g/mol. The molecule has 64 heavy (non-hydrogen) atoms. The van der Waals surface area contributed by atoms with Crippen LogP contribution in [0.1, 0.15) is 37.5 Å². The van der Waals surface area contributed by atoms with Crippen molar-refractivity contribution >= 4 is 74.3 Å². The van der Waals surface area contributed by atoms with Crippen molar-refractivity contribution in [3.8, 4) is 22.3 Å². The van der Waals surface area contributed by atoms with E-state index in [9.17, 15) is 0 Å². The zero-order chi connectivity index (χ0) is 43.5. The molecule has 0 radical (unpaired) electrons. The molecule has 3 nitrogen and oxygen atoms in total. The number of rotatable bonds is 7. The van der Waals surface area contributed by atoms with Gasteiger partial charge in [-0.15, -0.1) is 0 Å². The molecule has 0 spiro atoms. The van der Waals surface area contributed by atoms with Gasteiger partial charge in [-0.25, -0.2) is 0 Å². The van der Waals surface area contributed by atoms with Gasteiger partial charge in [-0.2, -0.15) is 0 Å². The minimum Gasteiger partial charge on any atom is -0.311 e. The van der Waals surface area contributed by atoms with Crippen LogP contribution in [0.3, 0.4) is 0 Å². The summed E-state index contributed by atoms with van der Waals surface area (Å²) in [6.07, 6.45) is 0. The minimum absolute atomic E-state index is 0.0295. The van der Waals surface area contributed by atoms with Crippen LogP contribution in [0, 0.1) is 13.8 Å². The third-order valence-electron chi connectivity index (χ3n) is 13.0. The monoisotopic (exact) mass is 823 g/mol. The molecular formula is C60H50BN3. The van der Waals surface area contributed by atoms with Gasteiger partial charge in [0.25, 0.3) is 6.71 Å². The largest absolute Gasteiger partial charge is 0.311 e. The van der Waals surface area contributed by atoms with E-state index in [4.69, 9.17) is 0 Å². The van der Waals surface area contributed by atoms with Crippen LogP contribution in [0.5, 0.6) is 0 Å².